The fourth-order valence-electron chi connectivity index (χ4n) is 5.21. The summed E-state index contributed by atoms with van der Waals surface area (Å²) < 4.78 is 26.6. The summed E-state index contributed by atoms with van der Waals surface area (Å²) in [5.41, 5.74) is 2.17. The third-order valence-electron chi connectivity index (χ3n) is 6.01. The second kappa shape index (κ2) is 9.48. The molecular formula is C29H33O2PPdS+2. The third kappa shape index (κ3) is 5.03. The van der Waals surface area contributed by atoms with E-state index in [1.165, 1.54) is 6.26 Å². The number of fused-ring (bicyclic) bond motifs is 2. The summed E-state index contributed by atoms with van der Waals surface area (Å²) in [6, 6.07) is 24.8. The average molecular weight is 583 g/mol. The van der Waals surface area contributed by atoms with Crippen molar-refractivity contribution in [3.8, 4) is 11.1 Å². The van der Waals surface area contributed by atoms with Crippen molar-refractivity contribution in [2.45, 2.75) is 56.8 Å². The number of rotatable bonds is 3. The maximum atomic E-state index is 13.3. The second-order valence-corrected chi connectivity index (χ2v) is 16.6. The van der Waals surface area contributed by atoms with Gasteiger partial charge in [0.15, 0.2) is 9.84 Å². The van der Waals surface area contributed by atoms with Gasteiger partial charge in [0.2, 0.25) is 0 Å². The topological polar surface area (TPSA) is 34.1 Å². The molecule has 0 bridgehead atoms. The Morgan fingerprint density at radius 2 is 1.18 bits per heavy atom. The fraction of sp³-hybridized carbons (Fsp3) is 0.310. The van der Waals surface area contributed by atoms with E-state index in [4.69, 9.17) is 0 Å². The van der Waals surface area contributed by atoms with E-state index in [2.05, 4.69) is 96.1 Å². The van der Waals surface area contributed by atoms with Crippen LogP contribution in [0.1, 0.15) is 41.5 Å². The molecule has 4 aromatic carbocycles. The Kier molecular flexibility index (Phi) is 7.54. The van der Waals surface area contributed by atoms with Crippen LogP contribution >= 0.6 is 7.92 Å². The molecule has 0 radical (unpaired) electrons. The molecule has 0 heterocycles. The van der Waals surface area contributed by atoms with E-state index in [0.29, 0.717) is 4.90 Å². The van der Waals surface area contributed by atoms with Gasteiger partial charge in [-0.3, -0.25) is 0 Å². The van der Waals surface area contributed by atoms with Crippen molar-refractivity contribution in [2.24, 2.45) is 0 Å². The van der Waals surface area contributed by atoms with Crippen LogP contribution in [-0.4, -0.2) is 25.0 Å². The van der Waals surface area contributed by atoms with Gasteiger partial charge in [0.1, 0.15) is 0 Å². The van der Waals surface area contributed by atoms with Gasteiger partial charge in [0.25, 0.3) is 0 Å². The third-order valence-corrected chi connectivity index (χ3v) is 10.9. The molecule has 0 aromatic heterocycles. The summed E-state index contributed by atoms with van der Waals surface area (Å²) in [7, 11) is -4.33. The first-order valence-electron chi connectivity index (χ1n) is 11.3. The zero-order valence-electron chi connectivity index (χ0n) is 20.9. The molecule has 180 valence electrons. The van der Waals surface area contributed by atoms with Gasteiger partial charge in [-0.25, -0.2) is 8.42 Å². The smallest absolute Gasteiger partial charge is 0.224 e. The average Bonchev–Trinajstić information content (AvgIpc) is 2.70. The minimum absolute atomic E-state index is 0. The largest absolute Gasteiger partial charge is 2.00 e. The van der Waals surface area contributed by atoms with Crippen molar-refractivity contribution >= 4 is 44.6 Å². The molecule has 0 saturated heterocycles. The Bertz CT molecular complexity index is 1440. The van der Waals surface area contributed by atoms with Gasteiger partial charge in [0.05, 0.1) is 4.90 Å². The predicted octanol–water partition coefficient (Wildman–Crippen LogP) is 7.77. The predicted molar refractivity (Wildman–Crippen MR) is 146 cm³/mol. The molecule has 5 heteroatoms. The van der Waals surface area contributed by atoms with E-state index < -0.39 is 17.8 Å². The van der Waals surface area contributed by atoms with E-state index in [9.17, 15) is 8.42 Å². The molecule has 0 atom stereocenters. The summed E-state index contributed by atoms with van der Waals surface area (Å²) in [6.07, 6.45) is 1.35. The van der Waals surface area contributed by atoms with Crippen molar-refractivity contribution in [3.63, 3.8) is 0 Å². The minimum Gasteiger partial charge on any atom is -0.224 e. The van der Waals surface area contributed by atoms with E-state index in [-0.39, 0.29) is 30.7 Å². The van der Waals surface area contributed by atoms with Crippen molar-refractivity contribution in [1.82, 2.24) is 0 Å². The normalized spacial score (nSPS) is 12.8. The maximum absolute atomic E-state index is 13.3. The summed E-state index contributed by atoms with van der Waals surface area (Å²) in [6.45, 7) is 13.5. The van der Waals surface area contributed by atoms with E-state index in [0.717, 1.165) is 38.0 Å². The first kappa shape index (κ1) is 27.0. The van der Waals surface area contributed by atoms with Crippen LogP contribution in [-0.2, 0) is 30.3 Å². The molecule has 2 nitrogen and oxygen atoms in total. The van der Waals surface area contributed by atoms with Crippen LogP contribution in [0.3, 0.4) is 0 Å². The fourth-order valence-corrected chi connectivity index (χ4v) is 10.9. The standard InChI is InChI=1S/C29H33O2PS.Pd/c1-28(2,3)32(29(4,5)6)27-25(33(7,30)31)19-21-14-9-11-17-23(21)26(27)24-18-12-15-20-13-8-10-16-22(20)24;/h8-19H,1-7H3;/q;+2. The molecule has 0 spiro atoms. The van der Waals surface area contributed by atoms with Crippen LogP contribution in [0, 0.1) is 0 Å². The molecule has 0 aliphatic heterocycles. The number of benzene rings is 4. The summed E-state index contributed by atoms with van der Waals surface area (Å²) in [5.74, 6) is 0. The molecule has 0 saturated carbocycles. The molecule has 34 heavy (non-hydrogen) atoms. The molecule has 0 aliphatic carbocycles. The Labute approximate surface area is 219 Å². The van der Waals surface area contributed by atoms with Gasteiger partial charge in [-0.15, -0.1) is 0 Å². The van der Waals surface area contributed by atoms with Crippen LogP contribution in [0.25, 0.3) is 32.7 Å². The zero-order chi connectivity index (χ0) is 24.2. The van der Waals surface area contributed by atoms with Crippen LogP contribution < -0.4 is 5.30 Å². The second-order valence-electron chi connectivity index (χ2n) is 10.8. The van der Waals surface area contributed by atoms with E-state index in [1.807, 2.05) is 18.2 Å². The molecule has 4 rings (SSSR count). The van der Waals surface area contributed by atoms with Crippen molar-refractivity contribution < 1.29 is 28.8 Å². The quantitative estimate of drug-likeness (QED) is 0.183. The SMILES string of the molecule is CC(C)(C)P(c1c(S(C)(=O)=O)cc2ccccc2c1-c1cccc2ccccc12)C(C)(C)C.[Pd+2]. The van der Waals surface area contributed by atoms with Gasteiger partial charge in [-0.1, -0.05) is 116 Å². The van der Waals surface area contributed by atoms with Crippen LogP contribution in [0.5, 0.6) is 0 Å². The Morgan fingerprint density at radius 3 is 1.74 bits per heavy atom. The number of hydrogen-bond acceptors (Lipinski definition) is 2. The monoisotopic (exact) mass is 582 g/mol. The molecule has 4 aromatic rings. The van der Waals surface area contributed by atoms with Crippen molar-refractivity contribution in [3.05, 3.63) is 72.8 Å². The van der Waals surface area contributed by atoms with Gasteiger partial charge < -0.3 is 0 Å². The number of hydrogen-bond donors (Lipinski definition) is 0. The first-order chi connectivity index (χ1) is 15.3. The molecule has 0 unspecified atom stereocenters. The maximum Gasteiger partial charge on any atom is 2.00 e. The van der Waals surface area contributed by atoms with E-state index >= 15 is 0 Å². The zero-order valence-corrected chi connectivity index (χ0v) is 24.2. The molecule has 0 N–H and O–H groups in total. The molecular weight excluding hydrogens is 550 g/mol. The Hall–Kier alpha value is -1.56. The van der Waals surface area contributed by atoms with Gasteiger partial charge in [0, 0.05) is 11.6 Å². The van der Waals surface area contributed by atoms with Crippen LogP contribution in [0.15, 0.2) is 77.7 Å². The van der Waals surface area contributed by atoms with Gasteiger partial charge in [-0.05, 0) is 49.1 Å². The van der Waals surface area contributed by atoms with Crippen molar-refractivity contribution in [2.75, 3.05) is 6.26 Å². The molecule has 0 fully saturated rings. The van der Waals surface area contributed by atoms with Gasteiger partial charge in [-0.2, -0.15) is 0 Å². The first-order valence-corrected chi connectivity index (χ1v) is 14.6. The van der Waals surface area contributed by atoms with Crippen molar-refractivity contribution in [1.29, 1.82) is 0 Å². The van der Waals surface area contributed by atoms with E-state index in [1.54, 1.807) is 0 Å². The number of sulfone groups is 1. The summed E-state index contributed by atoms with van der Waals surface area (Å²) >= 11 is 0. The molecule has 0 amide bonds. The van der Waals surface area contributed by atoms with Gasteiger partial charge >= 0.3 is 20.4 Å². The summed E-state index contributed by atoms with van der Waals surface area (Å²) in [5, 5.41) is 5.20. The van der Waals surface area contributed by atoms with Crippen LogP contribution in [0.2, 0.25) is 0 Å². The Balaban J connectivity index is 0.00000324. The molecule has 0 aliphatic rings. The summed E-state index contributed by atoms with van der Waals surface area (Å²) in [4.78, 5) is 0.472. The van der Waals surface area contributed by atoms with Crippen LogP contribution in [0.4, 0.5) is 0 Å². The Morgan fingerprint density at radius 1 is 0.676 bits per heavy atom. The minimum atomic E-state index is -3.46.